The number of methoxy groups -OCH3 is 2. The molecule has 2 amide bonds. The number of amides is 2. The zero-order chi connectivity index (χ0) is 14.4. The second kappa shape index (κ2) is 4.30. The normalized spacial score (nSPS) is 36.7. The number of carbonyl (C=O) groups excluding carboxylic acids is 4. The van der Waals surface area contributed by atoms with Crippen LogP contribution in [0, 0.1) is 11.8 Å². The van der Waals surface area contributed by atoms with Gasteiger partial charge in [-0.2, -0.15) is 0 Å². The van der Waals surface area contributed by atoms with Crippen LogP contribution in [0.25, 0.3) is 0 Å². The summed E-state index contributed by atoms with van der Waals surface area (Å²) in [6, 6.07) is -1.05. The number of esters is 2. The smallest absolute Gasteiger partial charge is 0.326 e. The number of nitrogens with one attached hydrogen (secondary N) is 2. The van der Waals surface area contributed by atoms with E-state index >= 15 is 0 Å². The number of carbonyl (C=O) groups is 4. The molecule has 8 heteroatoms. The Morgan fingerprint density at radius 1 is 1.16 bits per heavy atom. The number of ether oxygens (including phenoxy) is 2. The molecule has 0 aromatic rings. The Morgan fingerprint density at radius 2 is 1.79 bits per heavy atom. The van der Waals surface area contributed by atoms with E-state index in [9.17, 15) is 19.2 Å². The minimum absolute atomic E-state index is 0.592. The molecular formula is C11H14N2O6. The van der Waals surface area contributed by atoms with Crippen LogP contribution in [-0.2, 0) is 28.7 Å². The van der Waals surface area contributed by atoms with Crippen molar-refractivity contribution in [2.75, 3.05) is 14.2 Å². The summed E-state index contributed by atoms with van der Waals surface area (Å²) in [6.07, 6.45) is 0. The molecule has 0 spiro atoms. The maximum atomic E-state index is 11.9. The Hall–Kier alpha value is -1.96. The molecule has 2 rings (SSSR count). The maximum absolute atomic E-state index is 11.9. The van der Waals surface area contributed by atoms with Crippen LogP contribution in [0.3, 0.4) is 0 Å². The number of imide groups is 1. The van der Waals surface area contributed by atoms with Gasteiger partial charge < -0.3 is 9.47 Å². The van der Waals surface area contributed by atoms with Crippen LogP contribution in [0.4, 0.5) is 0 Å². The molecule has 104 valence electrons. The maximum Gasteiger partial charge on any atom is 0.326 e. The molecule has 2 saturated heterocycles. The van der Waals surface area contributed by atoms with Gasteiger partial charge in [-0.25, -0.2) is 0 Å². The molecule has 8 nitrogen and oxygen atoms in total. The highest BCUT2D eigenvalue weighted by Gasteiger charge is 2.66. The van der Waals surface area contributed by atoms with E-state index in [-0.39, 0.29) is 0 Å². The van der Waals surface area contributed by atoms with Crippen LogP contribution in [-0.4, -0.2) is 49.6 Å². The van der Waals surface area contributed by atoms with Gasteiger partial charge in [0.05, 0.1) is 26.1 Å². The van der Waals surface area contributed by atoms with Gasteiger partial charge in [-0.05, 0) is 6.92 Å². The van der Waals surface area contributed by atoms with Gasteiger partial charge >= 0.3 is 11.9 Å². The van der Waals surface area contributed by atoms with Crippen molar-refractivity contribution < 1.29 is 28.7 Å². The molecule has 2 aliphatic heterocycles. The lowest BCUT2D eigenvalue weighted by Crippen LogP contribution is -2.55. The molecular weight excluding hydrogens is 256 g/mol. The van der Waals surface area contributed by atoms with Gasteiger partial charge in [0.2, 0.25) is 11.8 Å². The first-order valence-electron chi connectivity index (χ1n) is 5.65. The highest BCUT2D eigenvalue weighted by molar-refractivity contribution is 6.11. The zero-order valence-corrected chi connectivity index (χ0v) is 10.7. The fourth-order valence-corrected chi connectivity index (χ4v) is 2.80. The minimum Gasteiger partial charge on any atom is -0.468 e. The predicted octanol–water partition coefficient (Wildman–Crippen LogP) is -2.05. The average molecular weight is 270 g/mol. The fraction of sp³-hybridized carbons (Fsp3) is 0.636. The predicted molar refractivity (Wildman–Crippen MR) is 59.5 cm³/mol. The van der Waals surface area contributed by atoms with Crippen molar-refractivity contribution in [3.63, 3.8) is 0 Å². The van der Waals surface area contributed by atoms with Gasteiger partial charge in [-0.15, -0.1) is 0 Å². The lowest BCUT2D eigenvalue weighted by atomic mass is 9.81. The molecule has 2 N–H and O–H groups in total. The van der Waals surface area contributed by atoms with E-state index in [0.717, 1.165) is 0 Å². The summed E-state index contributed by atoms with van der Waals surface area (Å²) in [6.45, 7) is 1.43. The summed E-state index contributed by atoms with van der Waals surface area (Å²) in [5.41, 5.74) is -1.44. The average Bonchev–Trinajstić information content (AvgIpc) is 2.86. The molecule has 19 heavy (non-hydrogen) atoms. The first-order valence-corrected chi connectivity index (χ1v) is 5.65. The Kier molecular flexibility index (Phi) is 3.05. The molecule has 2 fully saturated rings. The van der Waals surface area contributed by atoms with Crippen molar-refractivity contribution in [2.24, 2.45) is 11.8 Å². The second-order valence-electron chi connectivity index (χ2n) is 4.70. The Bertz CT molecular complexity index is 476. The second-order valence-corrected chi connectivity index (χ2v) is 4.70. The lowest BCUT2D eigenvalue weighted by molar-refractivity contribution is -0.151. The van der Waals surface area contributed by atoms with Crippen LogP contribution in [0.1, 0.15) is 6.92 Å². The van der Waals surface area contributed by atoms with Crippen molar-refractivity contribution in [3.8, 4) is 0 Å². The number of rotatable bonds is 2. The topological polar surface area (TPSA) is 111 Å². The Labute approximate surface area is 108 Å². The zero-order valence-electron chi connectivity index (χ0n) is 10.7. The van der Waals surface area contributed by atoms with Gasteiger partial charge in [-0.1, -0.05) is 0 Å². The van der Waals surface area contributed by atoms with E-state index < -0.39 is 47.2 Å². The summed E-state index contributed by atoms with van der Waals surface area (Å²) >= 11 is 0. The molecule has 4 atom stereocenters. The van der Waals surface area contributed by atoms with Crippen LogP contribution in [0.2, 0.25) is 0 Å². The minimum atomic E-state index is -1.44. The molecule has 0 radical (unpaired) electrons. The van der Waals surface area contributed by atoms with E-state index in [1.165, 1.54) is 21.1 Å². The van der Waals surface area contributed by atoms with Gasteiger partial charge in [0.25, 0.3) is 0 Å². The Morgan fingerprint density at radius 3 is 2.32 bits per heavy atom. The molecule has 2 heterocycles. The van der Waals surface area contributed by atoms with Crippen molar-refractivity contribution >= 4 is 23.8 Å². The van der Waals surface area contributed by atoms with Gasteiger partial charge in [-0.3, -0.25) is 29.8 Å². The molecule has 0 aliphatic carbocycles. The van der Waals surface area contributed by atoms with E-state index in [1.807, 2.05) is 0 Å². The molecule has 0 aromatic carbocycles. The Balaban J connectivity index is 2.45. The van der Waals surface area contributed by atoms with Crippen LogP contribution in [0.15, 0.2) is 0 Å². The third-order valence-electron chi connectivity index (χ3n) is 3.69. The van der Waals surface area contributed by atoms with Gasteiger partial charge in [0.15, 0.2) is 0 Å². The van der Waals surface area contributed by atoms with Crippen molar-refractivity contribution in [1.82, 2.24) is 10.6 Å². The SMILES string of the molecule is COC(=O)[C@@H]1N[C@](C)(C(=O)OC)[C@H]2C(=O)NC(=O)[C@H]12. The molecule has 2 aliphatic rings. The monoisotopic (exact) mass is 270 g/mol. The molecule has 0 aromatic heterocycles. The largest absolute Gasteiger partial charge is 0.468 e. The molecule has 0 bridgehead atoms. The number of hydrogen-bond donors (Lipinski definition) is 2. The van der Waals surface area contributed by atoms with E-state index in [4.69, 9.17) is 0 Å². The van der Waals surface area contributed by atoms with Crippen molar-refractivity contribution in [1.29, 1.82) is 0 Å². The molecule has 0 unspecified atom stereocenters. The van der Waals surface area contributed by atoms with Crippen molar-refractivity contribution in [2.45, 2.75) is 18.5 Å². The summed E-state index contributed by atoms with van der Waals surface area (Å²) in [4.78, 5) is 47.1. The van der Waals surface area contributed by atoms with Crippen molar-refractivity contribution in [3.05, 3.63) is 0 Å². The quantitative estimate of drug-likeness (QED) is 0.439. The summed E-state index contributed by atoms with van der Waals surface area (Å²) in [5, 5.41) is 4.83. The van der Waals surface area contributed by atoms with Crippen LogP contribution < -0.4 is 10.6 Å². The third-order valence-corrected chi connectivity index (χ3v) is 3.69. The number of hydrogen-bond acceptors (Lipinski definition) is 7. The van der Waals surface area contributed by atoms with Gasteiger partial charge in [0, 0.05) is 0 Å². The van der Waals surface area contributed by atoms with Crippen LogP contribution >= 0.6 is 0 Å². The van der Waals surface area contributed by atoms with Gasteiger partial charge in [0.1, 0.15) is 11.6 Å². The summed E-state index contributed by atoms with van der Waals surface area (Å²) in [5.74, 6) is -4.56. The van der Waals surface area contributed by atoms with E-state index in [0.29, 0.717) is 0 Å². The standard InChI is InChI=1S/C11H14N2O6/c1-11(10(17)19-3)5-4(7(14)12-8(5)15)6(13-11)9(16)18-2/h4-6,13H,1-3H3,(H,12,14,15)/t4-,5+,6+,11-/m0/s1. The van der Waals surface area contributed by atoms with Crippen LogP contribution in [0.5, 0.6) is 0 Å². The summed E-state index contributed by atoms with van der Waals surface area (Å²) in [7, 11) is 2.34. The number of fused-ring (bicyclic) bond motifs is 1. The first kappa shape index (κ1) is 13.5. The molecule has 0 saturated carbocycles. The third kappa shape index (κ3) is 1.71. The fourth-order valence-electron chi connectivity index (χ4n) is 2.80. The van der Waals surface area contributed by atoms with E-state index in [1.54, 1.807) is 0 Å². The lowest BCUT2D eigenvalue weighted by Gasteiger charge is -2.26. The first-order chi connectivity index (χ1) is 8.86. The highest BCUT2D eigenvalue weighted by Crippen LogP contribution is 2.40. The highest BCUT2D eigenvalue weighted by atomic mass is 16.5. The van der Waals surface area contributed by atoms with E-state index in [2.05, 4.69) is 20.1 Å². The summed E-state index contributed by atoms with van der Waals surface area (Å²) < 4.78 is 9.23.